The van der Waals surface area contributed by atoms with Crippen molar-refractivity contribution in [2.24, 2.45) is 0 Å². The quantitative estimate of drug-likeness (QED) is 0.571. The normalized spacial score (nSPS) is 5.50. The van der Waals surface area contributed by atoms with Gasteiger partial charge in [0, 0.05) is 17.1 Å². The molecule has 0 bridgehead atoms. The van der Waals surface area contributed by atoms with Crippen molar-refractivity contribution in [3.63, 3.8) is 0 Å². The summed E-state index contributed by atoms with van der Waals surface area (Å²) in [7, 11) is 0.446. The van der Waals surface area contributed by atoms with Crippen LogP contribution in [0.4, 0.5) is 0 Å². The Balaban J connectivity index is -0.0000000238. The van der Waals surface area contributed by atoms with E-state index >= 15 is 0 Å². The molecule has 0 aromatic rings. The third-order valence-electron chi connectivity index (χ3n) is 1.34. The fraction of sp³-hybridized carbons (Fsp3) is 0.600. The maximum absolute atomic E-state index is 7.50. The Morgan fingerprint density at radius 2 is 0.750 bits per heavy atom. The minimum Gasteiger partial charge on any atom is -0.281 e. The summed E-state index contributed by atoms with van der Waals surface area (Å²) >= 11 is 0. The van der Waals surface area contributed by atoms with Gasteiger partial charge in [-0.05, 0) is 18.5 Å². The van der Waals surface area contributed by atoms with E-state index in [-0.39, 0.29) is 17.1 Å². The van der Waals surface area contributed by atoms with Gasteiger partial charge in [0.05, 0.1) is 0 Å². The van der Waals surface area contributed by atoms with E-state index in [0.29, 0.717) is 7.92 Å². The van der Waals surface area contributed by atoms with E-state index in [4.69, 9.17) is 19.2 Å². The first-order valence-corrected chi connectivity index (χ1v) is 5.78. The van der Waals surface area contributed by atoms with Gasteiger partial charge in [-0.1, -0.05) is 20.8 Å². The fourth-order valence-corrected chi connectivity index (χ4v) is 2.01. The summed E-state index contributed by atoms with van der Waals surface area (Å²) < 4.78 is 0. The van der Waals surface area contributed by atoms with Crippen LogP contribution in [0.25, 0.3) is 0 Å². The molecule has 0 fully saturated rings. The number of rotatable bonds is 3. The number of hydrogen-bond donors (Lipinski definition) is 0. The summed E-state index contributed by atoms with van der Waals surface area (Å²) in [6, 6.07) is 0. The van der Waals surface area contributed by atoms with Gasteiger partial charge in [-0.15, -0.1) is 7.92 Å². The molecule has 0 heterocycles. The summed E-state index contributed by atoms with van der Waals surface area (Å²) in [6.07, 6.45) is 4.26. The molecular weight excluding hydrogens is 270 g/mol. The molecule has 0 atom stereocenters. The van der Waals surface area contributed by atoms with Gasteiger partial charge in [0.2, 0.25) is 0 Å². The van der Waals surface area contributed by atoms with E-state index < -0.39 is 0 Å². The average molecular weight is 285 g/mol. The molecule has 0 N–H and O–H groups in total. The first-order chi connectivity index (χ1) is 7.35. The van der Waals surface area contributed by atoms with Gasteiger partial charge in [0.15, 0.2) is 0 Å². The maximum atomic E-state index is 7.50. The molecule has 0 aromatic heterocycles. The van der Waals surface area contributed by atoms with Gasteiger partial charge in [-0.25, -0.2) is 0 Å². The molecule has 9 radical (unpaired) electrons. The molecule has 0 aliphatic carbocycles. The third-order valence-corrected chi connectivity index (χ3v) is 4.02. The van der Waals surface area contributed by atoms with E-state index in [1.165, 1.54) is 18.5 Å². The van der Waals surface area contributed by atoms with E-state index in [0.717, 1.165) is 0 Å². The van der Waals surface area contributed by atoms with Crippen LogP contribution in [0.1, 0.15) is 20.8 Å². The zero-order chi connectivity index (χ0) is 13.7. The molecule has 0 aliphatic heterocycles. The average Bonchev–Trinajstić information content (AvgIpc) is 2.41. The van der Waals surface area contributed by atoms with E-state index in [2.05, 4.69) is 47.9 Å². The molecule has 0 aliphatic rings. The van der Waals surface area contributed by atoms with Crippen LogP contribution in [0.15, 0.2) is 0 Å². The van der Waals surface area contributed by atoms with Gasteiger partial charge < -0.3 is 0 Å². The zero-order valence-electron chi connectivity index (χ0n) is 9.58. The minimum atomic E-state index is 0. The fourth-order valence-electron chi connectivity index (χ4n) is 0.671. The van der Waals surface area contributed by atoms with Gasteiger partial charge in [0.25, 0.3) is 27.2 Å². The number of carbonyl (C=O) groups excluding carboxylic acids is 4. The Morgan fingerprint density at radius 3 is 0.750 bits per heavy atom. The Bertz CT molecular complexity index is 71.7. The largest absolute Gasteiger partial charge is 0.281 e. The Hall–Kier alpha value is -0.371. The van der Waals surface area contributed by atoms with Crippen molar-refractivity contribution in [3.8, 4) is 0 Å². The molecule has 0 aromatic carbocycles. The first kappa shape index (κ1) is 36.1. The van der Waals surface area contributed by atoms with E-state index in [1.54, 1.807) is 0 Å². The van der Waals surface area contributed by atoms with Crippen LogP contribution >= 0.6 is 7.92 Å². The Morgan fingerprint density at radius 1 is 0.625 bits per heavy atom. The zero-order valence-corrected chi connectivity index (χ0v) is 11.7. The second-order valence-corrected chi connectivity index (χ2v) is 4.86. The van der Waals surface area contributed by atoms with Crippen LogP contribution < -0.4 is 0 Å². The minimum absolute atomic E-state index is 0. The molecule has 16 heavy (non-hydrogen) atoms. The van der Waals surface area contributed by atoms with E-state index in [9.17, 15) is 0 Å². The van der Waals surface area contributed by atoms with Crippen molar-refractivity contribution in [1.29, 1.82) is 0 Å². The monoisotopic (exact) mass is 285 g/mol. The Labute approximate surface area is 111 Å². The van der Waals surface area contributed by atoms with Crippen LogP contribution in [0.2, 0.25) is 0 Å². The van der Waals surface area contributed by atoms with Gasteiger partial charge in [-0.2, -0.15) is 0 Å². The summed E-state index contributed by atoms with van der Waals surface area (Å²) in [5.41, 5.74) is 0. The topological polar surface area (TPSA) is 68.3 Å². The predicted molar refractivity (Wildman–Crippen MR) is 61.3 cm³/mol. The van der Waals surface area contributed by atoms with Crippen molar-refractivity contribution < 1.29 is 36.2 Å². The summed E-state index contributed by atoms with van der Waals surface area (Å²) in [4.78, 5) is 30.0. The van der Waals surface area contributed by atoms with Crippen molar-refractivity contribution in [2.45, 2.75) is 20.8 Å². The van der Waals surface area contributed by atoms with Crippen LogP contribution in [0.3, 0.4) is 0 Å². The summed E-state index contributed by atoms with van der Waals surface area (Å²) in [5, 5.41) is 0. The van der Waals surface area contributed by atoms with Gasteiger partial charge >= 0.3 is 0 Å². The molecule has 0 unspecified atom stereocenters. The van der Waals surface area contributed by atoms with Crippen molar-refractivity contribution in [2.75, 3.05) is 18.5 Å². The van der Waals surface area contributed by atoms with Gasteiger partial charge in [0.1, 0.15) is 0 Å². The molecule has 0 spiro atoms. The SMILES string of the molecule is CCP(CC)CC.[C]=O.[C]=O.[C]=O.[C]=O.[Mn]. The molecule has 0 rings (SSSR count). The standard InChI is InChI=1S/C6H15P.4CO.Mn/c1-4-7(5-2)6-3;4*1-2;/h4-6H2,1-3H3;;;;;. The summed E-state index contributed by atoms with van der Waals surface area (Å²) in [6.45, 7) is 24.9. The third kappa shape index (κ3) is 68.6. The molecule has 6 heteroatoms. The molecule has 91 valence electrons. The van der Waals surface area contributed by atoms with Crippen LogP contribution in [-0.4, -0.2) is 45.6 Å². The number of hydrogen-bond acceptors (Lipinski definition) is 4. The molecular formula is C10H15MnO4P. The van der Waals surface area contributed by atoms with Crippen LogP contribution in [0, 0.1) is 0 Å². The van der Waals surface area contributed by atoms with Gasteiger partial charge in [-0.3, -0.25) is 19.2 Å². The molecule has 0 saturated carbocycles. The second kappa shape index (κ2) is 85.8. The Kier molecular flexibility index (Phi) is 193. The van der Waals surface area contributed by atoms with Crippen molar-refractivity contribution in [3.05, 3.63) is 0 Å². The first-order valence-electron chi connectivity index (χ1n) is 3.89. The maximum Gasteiger partial charge on any atom is 0.281 e. The molecule has 0 saturated heterocycles. The molecule has 4 nitrogen and oxygen atoms in total. The summed E-state index contributed by atoms with van der Waals surface area (Å²) in [5.74, 6) is 0. The van der Waals surface area contributed by atoms with Crippen molar-refractivity contribution >= 4 is 35.1 Å². The predicted octanol–water partition coefficient (Wildman–Crippen LogP) is 0.937. The van der Waals surface area contributed by atoms with Crippen LogP contribution in [-0.2, 0) is 36.2 Å². The van der Waals surface area contributed by atoms with Crippen LogP contribution in [0.5, 0.6) is 0 Å². The van der Waals surface area contributed by atoms with E-state index in [1.807, 2.05) is 0 Å². The molecule has 0 amide bonds. The van der Waals surface area contributed by atoms with Crippen molar-refractivity contribution in [1.82, 2.24) is 0 Å². The smallest absolute Gasteiger partial charge is 0.281 e. The second-order valence-electron chi connectivity index (χ2n) is 1.62.